The molecule has 0 spiro atoms. The molecule has 0 amide bonds. The van der Waals surface area contributed by atoms with Crippen molar-refractivity contribution in [2.75, 3.05) is 26.7 Å². The van der Waals surface area contributed by atoms with E-state index in [1.54, 1.807) is 24.3 Å². The molecule has 0 aliphatic carbocycles. The van der Waals surface area contributed by atoms with Crippen LogP contribution >= 0.6 is 0 Å². The van der Waals surface area contributed by atoms with Crippen molar-refractivity contribution in [3.05, 3.63) is 71.3 Å². The molecule has 2 aromatic rings. The number of nitrogens with zero attached hydrogens (tertiary/aromatic N) is 2. The van der Waals surface area contributed by atoms with Crippen molar-refractivity contribution < 1.29 is 18.3 Å². The third-order valence-electron chi connectivity index (χ3n) is 5.09. The summed E-state index contributed by atoms with van der Waals surface area (Å²) in [6, 6.07) is 16.9. The third kappa shape index (κ3) is 5.26. The molecule has 28 heavy (non-hydrogen) atoms. The van der Waals surface area contributed by atoms with Gasteiger partial charge in [0, 0.05) is 30.4 Å². The number of likely N-dealkylation sites (tertiary alicyclic amines) is 1. The first-order valence-corrected chi connectivity index (χ1v) is 10.4. The van der Waals surface area contributed by atoms with Gasteiger partial charge in [-0.25, -0.2) is 9.10 Å². The van der Waals surface area contributed by atoms with Gasteiger partial charge in [0.2, 0.25) is 0 Å². The number of carbonyl (C=O) groups is 1. The van der Waals surface area contributed by atoms with Crippen molar-refractivity contribution in [1.82, 2.24) is 9.21 Å². The molecule has 1 saturated heterocycles. The quantitative estimate of drug-likeness (QED) is 0.502. The van der Waals surface area contributed by atoms with Crippen molar-refractivity contribution in [2.45, 2.75) is 25.4 Å². The summed E-state index contributed by atoms with van der Waals surface area (Å²) in [7, 11) is 1.33. The maximum Gasteiger partial charge on any atom is 0.337 e. The highest BCUT2D eigenvalue weighted by atomic mass is 32.2. The van der Waals surface area contributed by atoms with Gasteiger partial charge in [0.15, 0.2) is 0 Å². The standard InChI is InChI=1S/C21H26N2O4S/c1-27-21(24)19-11-9-17(10-12-19)15-23(28(25)26)16-20(22-13-5-6-14-22)18-7-3-2-4-8-18/h2-4,7-12,20H,5-6,13-16H2,1H3,(H,25,26)/p-1. The van der Waals surface area contributed by atoms with Gasteiger partial charge >= 0.3 is 5.97 Å². The average Bonchev–Trinajstić information content (AvgIpc) is 3.26. The predicted molar refractivity (Wildman–Crippen MR) is 107 cm³/mol. The minimum atomic E-state index is -2.35. The number of hydrogen-bond donors (Lipinski definition) is 0. The van der Waals surface area contributed by atoms with E-state index in [1.165, 1.54) is 11.4 Å². The van der Waals surface area contributed by atoms with Crippen molar-refractivity contribution in [1.29, 1.82) is 0 Å². The highest BCUT2D eigenvalue weighted by Gasteiger charge is 2.26. The van der Waals surface area contributed by atoms with Crippen molar-refractivity contribution in [2.24, 2.45) is 0 Å². The minimum Gasteiger partial charge on any atom is -0.760 e. The van der Waals surface area contributed by atoms with Gasteiger partial charge in [0.25, 0.3) is 0 Å². The number of benzene rings is 2. The molecule has 1 aliphatic rings. The Kier molecular flexibility index (Phi) is 7.33. The Balaban J connectivity index is 1.76. The van der Waals surface area contributed by atoms with Gasteiger partial charge in [-0.05, 0) is 49.2 Å². The molecular formula is C21H25N2O4S-. The molecule has 0 aromatic heterocycles. The molecule has 2 atom stereocenters. The van der Waals surface area contributed by atoms with E-state index in [9.17, 15) is 13.6 Å². The van der Waals surface area contributed by atoms with Crippen LogP contribution in [0.2, 0.25) is 0 Å². The van der Waals surface area contributed by atoms with Crippen LogP contribution in [0.4, 0.5) is 0 Å². The van der Waals surface area contributed by atoms with Crippen LogP contribution in [-0.4, -0.2) is 50.7 Å². The van der Waals surface area contributed by atoms with E-state index < -0.39 is 17.2 Å². The largest absolute Gasteiger partial charge is 0.760 e. The Morgan fingerprint density at radius 1 is 1.14 bits per heavy atom. The van der Waals surface area contributed by atoms with Crippen LogP contribution < -0.4 is 0 Å². The summed E-state index contributed by atoms with van der Waals surface area (Å²) in [5.41, 5.74) is 2.39. The number of rotatable bonds is 8. The highest BCUT2D eigenvalue weighted by Crippen LogP contribution is 2.27. The normalized spacial score (nSPS) is 16.8. The van der Waals surface area contributed by atoms with E-state index in [2.05, 4.69) is 17.0 Å². The Morgan fingerprint density at radius 2 is 1.79 bits per heavy atom. The molecule has 0 bridgehead atoms. The van der Waals surface area contributed by atoms with Crippen molar-refractivity contribution in [3.8, 4) is 0 Å². The lowest BCUT2D eigenvalue weighted by Gasteiger charge is -2.34. The van der Waals surface area contributed by atoms with E-state index in [0.29, 0.717) is 12.1 Å². The molecule has 0 saturated carbocycles. The first-order valence-electron chi connectivity index (χ1n) is 9.39. The second-order valence-electron chi connectivity index (χ2n) is 6.90. The van der Waals surface area contributed by atoms with Crippen LogP contribution in [0.5, 0.6) is 0 Å². The second-order valence-corrected chi connectivity index (χ2v) is 7.85. The molecule has 2 aromatic carbocycles. The third-order valence-corrected chi connectivity index (χ3v) is 5.79. The Bertz CT molecular complexity index is 792. The summed E-state index contributed by atoms with van der Waals surface area (Å²) >= 11 is -2.35. The van der Waals surface area contributed by atoms with Gasteiger partial charge in [0.05, 0.1) is 12.7 Å². The van der Waals surface area contributed by atoms with Crippen LogP contribution in [0.1, 0.15) is 40.4 Å². The average molecular weight is 402 g/mol. The maximum atomic E-state index is 11.9. The monoisotopic (exact) mass is 401 g/mol. The summed E-state index contributed by atoms with van der Waals surface area (Å²) in [5.74, 6) is -0.408. The molecule has 3 rings (SSSR count). The molecule has 1 aliphatic heterocycles. The van der Waals surface area contributed by atoms with Gasteiger partial charge in [-0.3, -0.25) is 9.11 Å². The van der Waals surface area contributed by atoms with E-state index in [-0.39, 0.29) is 12.6 Å². The van der Waals surface area contributed by atoms with Crippen LogP contribution in [-0.2, 0) is 22.5 Å². The van der Waals surface area contributed by atoms with Crippen LogP contribution in [0.25, 0.3) is 0 Å². The SMILES string of the molecule is COC(=O)c1ccc(CN(CC(c2ccccc2)N2CCCC2)S(=O)[O-])cc1. The summed E-state index contributed by atoms with van der Waals surface area (Å²) in [6.07, 6.45) is 2.28. The number of carbonyl (C=O) groups excluding carboxylic acids is 1. The Morgan fingerprint density at radius 3 is 2.36 bits per heavy atom. The summed E-state index contributed by atoms with van der Waals surface area (Å²) < 4.78 is 30.0. The molecule has 1 fully saturated rings. The van der Waals surface area contributed by atoms with E-state index in [0.717, 1.165) is 37.1 Å². The molecule has 0 N–H and O–H groups in total. The lowest BCUT2D eigenvalue weighted by molar-refractivity contribution is 0.0600. The molecule has 2 unspecified atom stereocenters. The number of esters is 1. The van der Waals surface area contributed by atoms with E-state index in [1.807, 2.05) is 18.2 Å². The lowest BCUT2D eigenvalue weighted by atomic mass is 10.1. The fraction of sp³-hybridized carbons (Fsp3) is 0.381. The first-order chi connectivity index (χ1) is 13.6. The minimum absolute atomic E-state index is 0.0240. The molecule has 6 nitrogen and oxygen atoms in total. The van der Waals surface area contributed by atoms with Gasteiger partial charge in [-0.15, -0.1) is 0 Å². The van der Waals surface area contributed by atoms with E-state index >= 15 is 0 Å². The van der Waals surface area contributed by atoms with Gasteiger partial charge in [-0.1, -0.05) is 42.5 Å². The highest BCUT2D eigenvalue weighted by molar-refractivity contribution is 7.76. The topological polar surface area (TPSA) is 72.9 Å². The predicted octanol–water partition coefficient (Wildman–Crippen LogP) is 2.91. The number of methoxy groups -OCH3 is 1. The number of hydrogen-bond acceptors (Lipinski definition) is 5. The van der Waals surface area contributed by atoms with Crippen LogP contribution in [0.15, 0.2) is 54.6 Å². The zero-order valence-corrected chi connectivity index (χ0v) is 16.8. The lowest BCUT2D eigenvalue weighted by Crippen LogP contribution is -2.37. The fourth-order valence-electron chi connectivity index (χ4n) is 3.60. The Labute approximate surface area is 168 Å². The fourth-order valence-corrected chi connectivity index (χ4v) is 4.12. The van der Waals surface area contributed by atoms with Gasteiger partial charge < -0.3 is 9.29 Å². The first kappa shape index (κ1) is 20.7. The summed E-state index contributed by atoms with van der Waals surface area (Å²) in [6.45, 7) is 2.60. The summed E-state index contributed by atoms with van der Waals surface area (Å²) in [4.78, 5) is 13.9. The van der Waals surface area contributed by atoms with Crippen LogP contribution in [0.3, 0.4) is 0 Å². The van der Waals surface area contributed by atoms with Crippen molar-refractivity contribution >= 4 is 17.2 Å². The smallest absolute Gasteiger partial charge is 0.337 e. The summed E-state index contributed by atoms with van der Waals surface area (Å²) in [5, 5.41) is 0. The number of ether oxygens (including phenoxy) is 1. The zero-order chi connectivity index (χ0) is 19.9. The maximum absolute atomic E-state index is 11.9. The molecule has 0 radical (unpaired) electrons. The molecular weight excluding hydrogens is 376 g/mol. The molecule has 7 heteroatoms. The van der Waals surface area contributed by atoms with E-state index in [4.69, 9.17) is 4.74 Å². The molecule has 1 heterocycles. The zero-order valence-electron chi connectivity index (χ0n) is 16.0. The Hall–Kier alpha value is -2.06. The van der Waals surface area contributed by atoms with Gasteiger partial charge in [0.1, 0.15) is 0 Å². The van der Waals surface area contributed by atoms with Crippen LogP contribution in [0, 0.1) is 0 Å². The van der Waals surface area contributed by atoms with Crippen molar-refractivity contribution in [3.63, 3.8) is 0 Å². The molecule has 150 valence electrons. The van der Waals surface area contributed by atoms with Gasteiger partial charge in [-0.2, -0.15) is 0 Å². The second kappa shape index (κ2) is 9.93.